The zero-order chi connectivity index (χ0) is 21.8. The fraction of sp³-hybridized carbons (Fsp3) is 0.526. The van der Waals surface area contributed by atoms with Crippen LogP contribution in [0.2, 0.25) is 0 Å². The van der Waals surface area contributed by atoms with Gasteiger partial charge in [0.25, 0.3) is 10.0 Å². The minimum Gasteiger partial charge on any atom is -0.387 e. The highest BCUT2D eigenvalue weighted by Gasteiger charge is 2.33. The fourth-order valence-corrected chi connectivity index (χ4v) is 5.20. The van der Waals surface area contributed by atoms with Gasteiger partial charge in [0.15, 0.2) is 10.3 Å². The van der Waals surface area contributed by atoms with Crippen LogP contribution in [-0.2, 0) is 10.0 Å². The third-order valence-corrected chi connectivity index (χ3v) is 7.24. The first-order valence-electron chi connectivity index (χ1n) is 9.80. The van der Waals surface area contributed by atoms with E-state index in [1.54, 1.807) is 6.92 Å². The lowest BCUT2D eigenvalue weighted by molar-refractivity contribution is -0.0191. The zero-order valence-electron chi connectivity index (χ0n) is 16.7. The van der Waals surface area contributed by atoms with Gasteiger partial charge in [-0.25, -0.2) is 17.8 Å². The fourth-order valence-electron chi connectivity index (χ4n) is 3.27. The van der Waals surface area contributed by atoms with Crippen LogP contribution in [0.1, 0.15) is 37.7 Å². The molecule has 1 aromatic carbocycles. The van der Waals surface area contributed by atoms with Crippen LogP contribution in [0.5, 0.6) is 0 Å². The van der Waals surface area contributed by atoms with Crippen LogP contribution < -0.4 is 15.4 Å². The summed E-state index contributed by atoms with van der Waals surface area (Å²) in [6, 6.07) is 2.41. The molecule has 4 N–H and O–H groups in total. The van der Waals surface area contributed by atoms with Crippen LogP contribution in [-0.4, -0.2) is 43.7 Å². The smallest absolute Gasteiger partial charge is 0.266 e. The van der Waals surface area contributed by atoms with Gasteiger partial charge < -0.3 is 15.7 Å². The predicted octanol–water partition coefficient (Wildman–Crippen LogP) is 3.23. The topological polar surface area (TPSA) is 103 Å². The molecule has 0 saturated carbocycles. The predicted molar refractivity (Wildman–Crippen MR) is 113 cm³/mol. The Bertz CT molecular complexity index is 978. The molecule has 0 amide bonds. The third kappa shape index (κ3) is 5.87. The highest BCUT2D eigenvalue weighted by Crippen LogP contribution is 2.27. The van der Waals surface area contributed by atoms with Crippen molar-refractivity contribution >= 4 is 32.2 Å². The first-order chi connectivity index (χ1) is 14.2. The van der Waals surface area contributed by atoms with E-state index in [0.717, 1.165) is 44.4 Å². The Hall–Kier alpha value is -1.82. The number of anilines is 2. The maximum atomic E-state index is 14.5. The van der Waals surface area contributed by atoms with Gasteiger partial charge in [0, 0.05) is 25.3 Å². The molecule has 1 aliphatic heterocycles. The van der Waals surface area contributed by atoms with Crippen LogP contribution in [0, 0.1) is 17.9 Å². The average molecular weight is 461 g/mol. The first-order valence-corrected chi connectivity index (χ1v) is 12.1. The van der Waals surface area contributed by atoms with Crippen LogP contribution in [0.15, 0.2) is 23.2 Å². The van der Waals surface area contributed by atoms with E-state index in [2.05, 4.69) is 20.3 Å². The maximum absolute atomic E-state index is 14.5. The van der Waals surface area contributed by atoms with Crippen molar-refractivity contribution in [2.75, 3.05) is 29.7 Å². The summed E-state index contributed by atoms with van der Waals surface area (Å²) in [6.07, 6.45) is 5.54. The minimum atomic E-state index is -4.21. The Balaban J connectivity index is 1.49. The van der Waals surface area contributed by atoms with Crippen molar-refractivity contribution in [3.63, 3.8) is 0 Å². The lowest BCUT2D eigenvalue weighted by Gasteiger charge is -2.37. The number of halogens is 2. The molecule has 1 fully saturated rings. The molecular weight excluding hydrogens is 434 g/mol. The van der Waals surface area contributed by atoms with Gasteiger partial charge in [0.2, 0.25) is 0 Å². The lowest BCUT2D eigenvalue weighted by atomic mass is 9.90. The molecule has 3 rings (SSSR count). The summed E-state index contributed by atoms with van der Waals surface area (Å²) in [4.78, 5) is 3.08. The maximum Gasteiger partial charge on any atom is 0.266 e. The molecule has 0 unspecified atom stereocenters. The molecule has 0 bridgehead atoms. The standard InChI is InChI=1S/C19H26F2N4O3S2/c1-13-8-16(30(27,28)25-18-24-10-17(21)29-18)14(20)9-15(13)23-7-5-3-2-4-6-19(26)11-22-12-19/h8-10,22-23,26H,2-7,11-12H2,1H3,(H,24,25). The van der Waals surface area contributed by atoms with E-state index in [0.29, 0.717) is 42.2 Å². The highest BCUT2D eigenvalue weighted by atomic mass is 32.2. The van der Waals surface area contributed by atoms with E-state index in [1.165, 1.54) is 6.07 Å². The number of aromatic nitrogens is 1. The van der Waals surface area contributed by atoms with E-state index in [9.17, 15) is 22.3 Å². The molecule has 7 nitrogen and oxygen atoms in total. The van der Waals surface area contributed by atoms with Crippen LogP contribution in [0.3, 0.4) is 0 Å². The summed E-state index contributed by atoms with van der Waals surface area (Å²) in [5, 5.41) is 15.4. The van der Waals surface area contributed by atoms with Crippen molar-refractivity contribution in [1.82, 2.24) is 10.3 Å². The average Bonchev–Trinajstić information content (AvgIpc) is 3.05. The summed E-state index contributed by atoms with van der Waals surface area (Å²) < 4.78 is 54.4. The summed E-state index contributed by atoms with van der Waals surface area (Å²) in [7, 11) is -4.21. The van der Waals surface area contributed by atoms with E-state index in [-0.39, 0.29) is 5.13 Å². The zero-order valence-corrected chi connectivity index (χ0v) is 18.3. The summed E-state index contributed by atoms with van der Waals surface area (Å²) in [6.45, 7) is 3.66. The molecule has 0 radical (unpaired) electrons. The van der Waals surface area contributed by atoms with Gasteiger partial charge >= 0.3 is 0 Å². The molecule has 0 atom stereocenters. The number of β-amino-alcohol motifs (C(OH)–C–C–N with tert-alkyl or cyclic N) is 1. The van der Waals surface area contributed by atoms with Gasteiger partial charge in [-0.05, 0) is 37.5 Å². The van der Waals surface area contributed by atoms with E-state index in [4.69, 9.17) is 0 Å². The molecule has 2 heterocycles. The van der Waals surface area contributed by atoms with Crippen LogP contribution in [0.25, 0.3) is 0 Å². The van der Waals surface area contributed by atoms with Gasteiger partial charge in [0.1, 0.15) is 10.7 Å². The normalized spacial score (nSPS) is 15.6. The number of sulfonamides is 1. The number of unbranched alkanes of at least 4 members (excludes halogenated alkanes) is 3. The largest absolute Gasteiger partial charge is 0.387 e. The van der Waals surface area contributed by atoms with Crippen molar-refractivity contribution in [2.24, 2.45) is 0 Å². The van der Waals surface area contributed by atoms with Gasteiger partial charge in [-0.15, -0.1) is 0 Å². The number of rotatable bonds is 11. The quantitative estimate of drug-likeness (QED) is 0.384. The van der Waals surface area contributed by atoms with Gasteiger partial charge in [0.05, 0.1) is 11.8 Å². The second kappa shape index (κ2) is 9.54. The Morgan fingerprint density at radius 3 is 2.60 bits per heavy atom. The van der Waals surface area contributed by atoms with E-state index >= 15 is 0 Å². The molecule has 166 valence electrons. The molecule has 1 saturated heterocycles. The number of hydrogen-bond acceptors (Lipinski definition) is 7. The van der Waals surface area contributed by atoms with Gasteiger partial charge in [-0.3, -0.25) is 4.72 Å². The van der Waals surface area contributed by atoms with Gasteiger partial charge in [-0.2, -0.15) is 4.39 Å². The minimum absolute atomic E-state index is 0.160. The Morgan fingerprint density at radius 2 is 1.97 bits per heavy atom. The number of aryl methyl sites for hydroxylation is 1. The number of nitrogens with zero attached hydrogens (tertiary/aromatic N) is 1. The summed E-state index contributed by atoms with van der Waals surface area (Å²) >= 11 is 0.527. The Morgan fingerprint density at radius 1 is 1.23 bits per heavy atom. The lowest BCUT2D eigenvalue weighted by Crippen LogP contribution is -2.59. The Labute approximate surface area is 179 Å². The monoisotopic (exact) mass is 460 g/mol. The molecule has 1 aliphatic rings. The molecule has 2 aromatic rings. The van der Waals surface area contributed by atoms with Crippen molar-refractivity contribution in [2.45, 2.75) is 49.5 Å². The summed E-state index contributed by atoms with van der Waals surface area (Å²) in [5.74, 6) is -0.894. The Kier molecular flexibility index (Phi) is 7.27. The van der Waals surface area contributed by atoms with Crippen molar-refractivity contribution < 1.29 is 22.3 Å². The number of aliphatic hydroxyl groups is 1. The van der Waals surface area contributed by atoms with E-state index in [1.807, 2.05) is 0 Å². The highest BCUT2D eigenvalue weighted by molar-refractivity contribution is 7.93. The van der Waals surface area contributed by atoms with E-state index < -0.39 is 31.5 Å². The second-order valence-electron chi connectivity index (χ2n) is 7.59. The van der Waals surface area contributed by atoms with Crippen LogP contribution >= 0.6 is 11.3 Å². The van der Waals surface area contributed by atoms with Crippen LogP contribution in [0.4, 0.5) is 19.6 Å². The molecule has 30 heavy (non-hydrogen) atoms. The number of benzene rings is 1. The second-order valence-corrected chi connectivity index (χ2v) is 10.2. The molecule has 1 aromatic heterocycles. The van der Waals surface area contributed by atoms with Crippen molar-refractivity contribution in [3.05, 3.63) is 34.8 Å². The molecular formula is C19H26F2N4O3S2. The number of nitrogens with one attached hydrogen (secondary N) is 3. The van der Waals surface area contributed by atoms with Crippen molar-refractivity contribution in [3.8, 4) is 0 Å². The van der Waals surface area contributed by atoms with Gasteiger partial charge in [-0.1, -0.05) is 30.6 Å². The third-order valence-electron chi connectivity index (χ3n) is 5.06. The molecule has 11 heteroatoms. The molecule has 0 spiro atoms. The SMILES string of the molecule is Cc1cc(S(=O)(=O)Nc2ncc(F)s2)c(F)cc1NCCCCCCC1(O)CNC1. The first kappa shape index (κ1) is 22.9. The number of hydrogen-bond donors (Lipinski definition) is 4. The summed E-state index contributed by atoms with van der Waals surface area (Å²) in [5.41, 5.74) is 0.584. The number of thiazole rings is 1. The van der Waals surface area contributed by atoms with Crippen molar-refractivity contribution in [1.29, 1.82) is 0 Å². The molecule has 0 aliphatic carbocycles.